The molecule has 0 spiro atoms. The number of allylic oxidation sites excluding steroid dienone is 4. The monoisotopic (exact) mass is 809 g/mol. The van der Waals surface area contributed by atoms with Crippen molar-refractivity contribution in [3.8, 4) is 45.0 Å². The lowest BCUT2D eigenvalue weighted by Gasteiger charge is -2.40. The summed E-state index contributed by atoms with van der Waals surface area (Å²) in [5.41, 5.74) is 15.0. The molecule has 0 amide bonds. The van der Waals surface area contributed by atoms with Crippen molar-refractivity contribution in [1.29, 1.82) is 0 Å². The molecule has 2 aliphatic rings. The molecule has 0 aliphatic heterocycles. The van der Waals surface area contributed by atoms with E-state index in [1.165, 1.54) is 38.8 Å². The van der Waals surface area contributed by atoms with E-state index in [4.69, 9.17) is 15.0 Å². The summed E-state index contributed by atoms with van der Waals surface area (Å²) < 4.78 is 0. The lowest BCUT2D eigenvalue weighted by atomic mass is 9.62. The number of rotatable bonds is 7. The molecule has 8 aromatic carbocycles. The van der Waals surface area contributed by atoms with Crippen molar-refractivity contribution in [3.05, 3.63) is 246 Å². The molecule has 1 atom stereocenters. The summed E-state index contributed by atoms with van der Waals surface area (Å²) in [6.07, 6.45) is 5.38. The highest BCUT2D eigenvalue weighted by Gasteiger charge is 2.53. The molecule has 63 heavy (non-hydrogen) atoms. The molecule has 1 heterocycles. The quantitative estimate of drug-likeness (QED) is 0.161. The highest BCUT2D eigenvalue weighted by atomic mass is 15.0. The Morgan fingerprint density at radius 1 is 0.429 bits per heavy atom. The first-order chi connectivity index (χ1) is 30.8. The van der Waals surface area contributed by atoms with Gasteiger partial charge in [-0.25, -0.2) is 15.0 Å². The van der Waals surface area contributed by atoms with Crippen LogP contribution < -0.4 is 0 Å². The van der Waals surface area contributed by atoms with Crippen LogP contribution in [0.5, 0.6) is 0 Å². The Hall–Kier alpha value is -7.49. The third kappa shape index (κ3) is 6.81. The van der Waals surface area contributed by atoms with Crippen LogP contribution in [0.2, 0.25) is 0 Å². The number of hydrogen-bond acceptors (Lipinski definition) is 3. The molecule has 0 saturated carbocycles. The fourth-order valence-electron chi connectivity index (χ4n) is 10.1. The molecular weight excluding hydrogens is 763 g/mol. The molecular formula is C60H47N3. The molecule has 0 saturated heterocycles. The van der Waals surface area contributed by atoms with Crippen molar-refractivity contribution in [2.24, 2.45) is 5.92 Å². The molecule has 1 unspecified atom stereocenters. The van der Waals surface area contributed by atoms with Crippen molar-refractivity contribution < 1.29 is 0 Å². The number of nitrogens with zero attached hydrogens (tertiary/aromatic N) is 3. The largest absolute Gasteiger partial charge is 0.209 e. The average molecular weight is 810 g/mol. The van der Waals surface area contributed by atoms with Gasteiger partial charge in [-0.3, -0.25) is 0 Å². The Labute approximate surface area is 370 Å². The predicted molar refractivity (Wildman–Crippen MR) is 261 cm³/mol. The van der Waals surface area contributed by atoms with Gasteiger partial charge in [-0.15, -0.1) is 0 Å². The highest BCUT2D eigenvalue weighted by Crippen LogP contribution is 2.61. The summed E-state index contributed by atoms with van der Waals surface area (Å²) in [4.78, 5) is 16.2. The number of benzene rings is 8. The van der Waals surface area contributed by atoms with E-state index < -0.39 is 5.41 Å². The van der Waals surface area contributed by atoms with Gasteiger partial charge in [0.15, 0.2) is 17.5 Å². The van der Waals surface area contributed by atoms with Crippen LogP contribution in [0.3, 0.4) is 0 Å². The topological polar surface area (TPSA) is 38.7 Å². The molecule has 3 heteroatoms. The maximum Gasteiger partial charge on any atom is 0.164 e. The summed E-state index contributed by atoms with van der Waals surface area (Å²) in [7, 11) is 0. The minimum absolute atomic E-state index is 0.0155. The van der Waals surface area contributed by atoms with Crippen molar-refractivity contribution in [3.63, 3.8) is 0 Å². The van der Waals surface area contributed by atoms with Crippen molar-refractivity contribution in [1.82, 2.24) is 15.0 Å². The van der Waals surface area contributed by atoms with E-state index >= 15 is 0 Å². The number of hydrogen-bond donors (Lipinski definition) is 0. The van der Waals surface area contributed by atoms with E-state index in [1.807, 2.05) is 0 Å². The average Bonchev–Trinajstić information content (AvgIpc) is 3.64. The Kier molecular flexibility index (Phi) is 9.43. The van der Waals surface area contributed by atoms with Crippen molar-refractivity contribution in [2.75, 3.05) is 0 Å². The maximum absolute atomic E-state index is 5.47. The summed E-state index contributed by atoms with van der Waals surface area (Å²) >= 11 is 0. The zero-order valence-electron chi connectivity index (χ0n) is 35.8. The van der Waals surface area contributed by atoms with Gasteiger partial charge in [0.25, 0.3) is 0 Å². The van der Waals surface area contributed by atoms with Gasteiger partial charge in [-0.1, -0.05) is 209 Å². The SMILES string of the molecule is CC(C)(C)c1ccc2c(c1)C(c1ccccc1)(c1ccccc1)C1CC(c3nc(-c4cc(-c5ccccc5)cc(-c5ccccc5)c4)nc(-c4ccc5ccccc5c4)n3)=CC=C21. The minimum Gasteiger partial charge on any atom is -0.209 e. The standard InChI is InChI=1S/C60H47N3/c1-59(2,3)51-31-33-53-52-32-30-45(38-54(52)60(55(53)39-51,49-24-12-6-13-25-49)50-26-14-7-15-27-50)57-61-56(44-29-28-42-22-16-17-23-43(42)34-44)62-58(63-57)48-36-46(40-18-8-4-9-19-40)35-47(37-48)41-20-10-5-11-21-41/h4-37,39,54H,38H2,1-3H3. The first-order valence-corrected chi connectivity index (χ1v) is 22.0. The Morgan fingerprint density at radius 2 is 0.952 bits per heavy atom. The van der Waals surface area contributed by atoms with Gasteiger partial charge >= 0.3 is 0 Å². The van der Waals surface area contributed by atoms with Crippen LogP contribution in [0.4, 0.5) is 0 Å². The molecule has 302 valence electrons. The van der Waals surface area contributed by atoms with Gasteiger partial charge in [0.05, 0.1) is 5.41 Å². The molecule has 11 rings (SSSR count). The lowest BCUT2D eigenvalue weighted by Crippen LogP contribution is -2.35. The molecule has 9 aromatic rings. The van der Waals surface area contributed by atoms with Gasteiger partial charge in [0.1, 0.15) is 0 Å². The van der Waals surface area contributed by atoms with Crippen LogP contribution in [0.1, 0.15) is 60.8 Å². The van der Waals surface area contributed by atoms with Crippen LogP contribution in [0.25, 0.3) is 66.9 Å². The minimum atomic E-state index is -0.448. The molecule has 3 nitrogen and oxygen atoms in total. The Bertz CT molecular complexity index is 3120. The Balaban J connectivity index is 1.13. The second-order valence-corrected chi connectivity index (χ2v) is 18.0. The fraction of sp³-hybridized carbons (Fsp3) is 0.117. The highest BCUT2D eigenvalue weighted by molar-refractivity contribution is 5.90. The van der Waals surface area contributed by atoms with Gasteiger partial charge in [0, 0.05) is 17.0 Å². The summed E-state index contributed by atoms with van der Waals surface area (Å²) in [6, 6.07) is 72.4. The van der Waals surface area contributed by atoms with Crippen LogP contribution in [0, 0.1) is 5.92 Å². The normalized spacial score (nSPS) is 15.3. The van der Waals surface area contributed by atoms with Crippen molar-refractivity contribution >= 4 is 21.9 Å². The van der Waals surface area contributed by atoms with E-state index in [2.05, 4.69) is 233 Å². The molecule has 0 bridgehead atoms. The summed E-state index contributed by atoms with van der Waals surface area (Å²) in [6.45, 7) is 6.94. The van der Waals surface area contributed by atoms with Crippen LogP contribution >= 0.6 is 0 Å². The molecule has 0 fully saturated rings. The first kappa shape index (κ1) is 38.4. The third-order valence-corrected chi connectivity index (χ3v) is 13.2. The van der Waals surface area contributed by atoms with Gasteiger partial charge in [0.2, 0.25) is 0 Å². The van der Waals surface area contributed by atoms with E-state index in [1.54, 1.807) is 0 Å². The predicted octanol–water partition coefficient (Wildman–Crippen LogP) is 14.8. The van der Waals surface area contributed by atoms with Gasteiger partial charge in [-0.05, 0) is 108 Å². The van der Waals surface area contributed by atoms with Crippen molar-refractivity contribution in [2.45, 2.75) is 38.0 Å². The first-order valence-electron chi connectivity index (χ1n) is 22.0. The Morgan fingerprint density at radius 3 is 1.56 bits per heavy atom. The molecule has 0 radical (unpaired) electrons. The third-order valence-electron chi connectivity index (χ3n) is 13.2. The molecule has 2 aliphatic carbocycles. The second kappa shape index (κ2) is 15.4. The second-order valence-electron chi connectivity index (χ2n) is 18.0. The lowest BCUT2D eigenvalue weighted by molar-refractivity contribution is 0.486. The number of aromatic nitrogens is 3. The fourth-order valence-corrected chi connectivity index (χ4v) is 10.1. The van der Waals surface area contributed by atoms with E-state index in [9.17, 15) is 0 Å². The van der Waals surface area contributed by atoms with Gasteiger partial charge in [-0.2, -0.15) is 0 Å². The summed E-state index contributed by atoms with van der Waals surface area (Å²) in [5, 5.41) is 2.33. The van der Waals surface area contributed by atoms with E-state index in [0.29, 0.717) is 17.5 Å². The smallest absolute Gasteiger partial charge is 0.164 e. The van der Waals surface area contributed by atoms with Gasteiger partial charge < -0.3 is 0 Å². The zero-order valence-corrected chi connectivity index (χ0v) is 35.8. The zero-order chi connectivity index (χ0) is 42.5. The number of fused-ring (bicyclic) bond motifs is 4. The molecule has 0 N–H and O–H groups in total. The van der Waals surface area contributed by atoms with E-state index in [0.717, 1.165) is 50.8 Å². The van der Waals surface area contributed by atoms with Crippen LogP contribution in [0.15, 0.2) is 212 Å². The van der Waals surface area contributed by atoms with E-state index in [-0.39, 0.29) is 11.3 Å². The molecule has 1 aromatic heterocycles. The maximum atomic E-state index is 5.47. The van der Waals surface area contributed by atoms with Crippen LogP contribution in [-0.4, -0.2) is 15.0 Å². The van der Waals surface area contributed by atoms with Crippen LogP contribution in [-0.2, 0) is 10.8 Å². The summed E-state index contributed by atoms with van der Waals surface area (Å²) in [5.74, 6) is 2.09.